The second-order valence-corrected chi connectivity index (χ2v) is 7.43. The Balaban J connectivity index is 1.86. The molecular formula is C22H20O. The summed E-state index contributed by atoms with van der Waals surface area (Å²) >= 11 is 0. The van der Waals surface area contributed by atoms with E-state index in [2.05, 4.69) is 63.2 Å². The first-order valence-corrected chi connectivity index (χ1v) is 8.43. The van der Waals surface area contributed by atoms with Crippen LogP contribution in [0.25, 0.3) is 16.5 Å². The number of fused-ring (bicyclic) bond motifs is 6. The van der Waals surface area contributed by atoms with Gasteiger partial charge in [0.1, 0.15) is 11.3 Å². The van der Waals surface area contributed by atoms with Gasteiger partial charge < -0.3 is 4.42 Å². The number of para-hydroxylation sites is 1. The van der Waals surface area contributed by atoms with Crippen LogP contribution in [-0.4, -0.2) is 0 Å². The Labute approximate surface area is 136 Å². The Morgan fingerprint density at radius 2 is 1.83 bits per heavy atom. The molecule has 0 radical (unpaired) electrons. The molecule has 0 unspecified atom stereocenters. The van der Waals surface area contributed by atoms with E-state index in [0.717, 1.165) is 24.2 Å². The molecule has 1 heterocycles. The molecule has 2 aliphatic carbocycles. The quantitative estimate of drug-likeness (QED) is 0.513. The van der Waals surface area contributed by atoms with E-state index >= 15 is 0 Å². The van der Waals surface area contributed by atoms with Crippen LogP contribution in [0, 0.1) is 6.92 Å². The fourth-order valence-corrected chi connectivity index (χ4v) is 4.53. The van der Waals surface area contributed by atoms with Gasteiger partial charge in [0.25, 0.3) is 0 Å². The minimum Gasteiger partial charge on any atom is -0.456 e. The van der Waals surface area contributed by atoms with Gasteiger partial charge >= 0.3 is 0 Å². The summed E-state index contributed by atoms with van der Waals surface area (Å²) in [6.45, 7) is 6.91. The summed E-state index contributed by atoms with van der Waals surface area (Å²) in [4.78, 5) is 0. The highest BCUT2D eigenvalue weighted by Gasteiger charge is 2.41. The topological polar surface area (TPSA) is 13.1 Å². The number of aryl methyl sites for hydroxylation is 2. The van der Waals surface area contributed by atoms with Crippen LogP contribution < -0.4 is 0 Å². The monoisotopic (exact) mass is 300 g/mol. The molecule has 1 nitrogen and oxygen atoms in total. The lowest BCUT2D eigenvalue weighted by molar-refractivity contribution is 0.570. The average Bonchev–Trinajstić information content (AvgIpc) is 3.02. The maximum Gasteiger partial charge on any atom is 0.139 e. The summed E-state index contributed by atoms with van der Waals surface area (Å²) in [6.07, 6.45) is 2.22. The van der Waals surface area contributed by atoms with Gasteiger partial charge in [0, 0.05) is 21.9 Å². The van der Waals surface area contributed by atoms with Crippen molar-refractivity contribution in [2.45, 2.75) is 39.0 Å². The molecule has 0 atom stereocenters. The molecule has 1 aromatic heterocycles. The van der Waals surface area contributed by atoms with Crippen LogP contribution in [0.1, 0.15) is 48.3 Å². The van der Waals surface area contributed by atoms with Gasteiger partial charge in [-0.15, -0.1) is 0 Å². The molecule has 114 valence electrons. The molecular weight excluding hydrogens is 280 g/mol. The molecule has 0 bridgehead atoms. The van der Waals surface area contributed by atoms with Gasteiger partial charge in [-0.05, 0) is 42.5 Å². The van der Waals surface area contributed by atoms with Gasteiger partial charge in [-0.2, -0.15) is 0 Å². The van der Waals surface area contributed by atoms with E-state index in [9.17, 15) is 0 Å². The lowest BCUT2D eigenvalue weighted by atomic mass is 9.77. The Morgan fingerprint density at radius 1 is 1.00 bits per heavy atom. The maximum atomic E-state index is 6.33. The maximum absolute atomic E-state index is 6.33. The third-order valence-corrected chi connectivity index (χ3v) is 5.72. The number of hydrogen-bond acceptors (Lipinski definition) is 1. The van der Waals surface area contributed by atoms with Gasteiger partial charge in [0.05, 0.1) is 0 Å². The van der Waals surface area contributed by atoms with Crippen LogP contribution in [0.2, 0.25) is 0 Å². The smallest absolute Gasteiger partial charge is 0.139 e. The highest BCUT2D eigenvalue weighted by Crippen LogP contribution is 2.54. The largest absolute Gasteiger partial charge is 0.456 e. The van der Waals surface area contributed by atoms with Gasteiger partial charge in [0.2, 0.25) is 0 Å². The number of rotatable bonds is 0. The van der Waals surface area contributed by atoms with E-state index in [1.54, 1.807) is 5.57 Å². The first kappa shape index (κ1) is 13.2. The predicted octanol–water partition coefficient (Wildman–Crippen LogP) is 5.78. The van der Waals surface area contributed by atoms with Crippen molar-refractivity contribution in [2.75, 3.05) is 0 Å². The Hall–Kier alpha value is -2.28. The molecule has 0 N–H and O–H groups in total. The minimum atomic E-state index is 0.105. The molecule has 0 fully saturated rings. The highest BCUT2D eigenvalue weighted by molar-refractivity contribution is 5.96. The lowest BCUT2D eigenvalue weighted by Crippen LogP contribution is -2.19. The summed E-state index contributed by atoms with van der Waals surface area (Å²) in [5, 5.41) is 1.28. The van der Waals surface area contributed by atoms with Crippen molar-refractivity contribution in [1.82, 2.24) is 0 Å². The van der Waals surface area contributed by atoms with Crippen LogP contribution in [0.15, 0.2) is 52.5 Å². The first-order chi connectivity index (χ1) is 11.1. The molecule has 2 aromatic carbocycles. The summed E-state index contributed by atoms with van der Waals surface area (Å²) in [5.74, 6) is 1.11. The SMILES string of the molecule is Cc1ccc2c(c1)C(C)(C)C1=C2c2oc3ccccc3c2CC1. The third-order valence-electron chi connectivity index (χ3n) is 5.72. The van der Waals surface area contributed by atoms with Crippen molar-refractivity contribution in [3.63, 3.8) is 0 Å². The molecule has 0 spiro atoms. The van der Waals surface area contributed by atoms with Crippen molar-refractivity contribution in [3.8, 4) is 0 Å². The molecule has 1 heteroatoms. The van der Waals surface area contributed by atoms with Crippen molar-refractivity contribution >= 4 is 16.5 Å². The molecule has 0 aliphatic heterocycles. The van der Waals surface area contributed by atoms with Crippen molar-refractivity contribution in [3.05, 3.63) is 76.1 Å². The van der Waals surface area contributed by atoms with Gasteiger partial charge in [0.15, 0.2) is 0 Å². The number of allylic oxidation sites excluding steroid dienone is 1. The van der Waals surface area contributed by atoms with Crippen LogP contribution >= 0.6 is 0 Å². The molecule has 0 amide bonds. The minimum absolute atomic E-state index is 0.105. The average molecular weight is 300 g/mol. The molecule has 3 aromatic rings. The second kappa shape index (κ2) is 4.17. The van der Waals surface area contributed by atoms with Gasteiger partial charge in [-0.3, -0.25) is 0 Å². The van der Waals surface area contributed by atoms with E-state index in [4.69, 9.17) is 4.42 Å². The zero-order valence-electron chi connectivity index (χ0n) is 13.9. The summed E-state index contributed by atoms with van der Waals surface area (Å²) in [6, 6.07) is 15.3. The number of benzene rings is 2. The standard InChI is InChI=1S/C22H20O/c1-13-8-9-16-18(12-13)22(2,3)17-11-10-15-14-6-4-5-7-19(14)23-21(15)20(16)17/h4-9,12H,10-11H2,1-3H3. The first-order valence-electron chi connectivity index (χ1n) is 8.43. The molecule has 5 rings (SSSR count). The fourth-order valence-electron chi connectivity index (χ4n) is 4.53. The third kappa shape index (κ3) is 1.57. The van der Waals surface area contributed by atoms with Crippen LogP contribution in [-0.2, 0) is 11.8 Å². The normalized spacial score (nSPS) is 18.0. The summed E-state index contributed by atoms with van der Waals surface area (Å²) in [7, 11) is 0. The van der Waals surface area contributed by atoms with Crippen LogP contribution in [0.3, 0.4) is 0 Å². The van der Waals surface area contributed by atoms with Crippen molar-refractivity contribution < 1.29 is 4.42 Å². The molecule has 23 heavy (non-hydrogen) atoms. The molecule has 2 aliphatic rings. The zero-order valence-corrected chi connectivity index (χ0v) is 13.9. The van der Waals surface area contributed by atoms with E-state index in [1.165, 1.54) is 33.2 Å². The van der Waals surface area contributed by atoms with E-state index in [1.807, 2.05) is 0 Å². The van der Waals surface area contributed by atoms with Gasteiger partial charge in [-0.1, -0.05) is 55.8 Å². The number of hydrogen-bond donors (Lipinski definition) is 0. The van der Waals surface area contributed by atoms with Crippen molar-refractivity contribution in [2.24, 2.45) is 0 Å². The summed E-state index contributed by atoms with van der Waals surface area (Å²) in [5.41, 5.74) is 9.58. The zero-order chi connectivity index (χ0) is 15.8. The Morgan fingerprint density at radius 3 is 2.70 bits per heavy atom. The second-order valence-electron chi connectivity index (χ2n) is 7.43. The van der Waals surface area contributed by atoms with E-state index in [0.29, 0.717) is 0 Å². The highest BCUT2D eigenvalue weighted by atomic mass is 16.3. The van der Waals surface area contributed by atoms with E-state index < -0.39 is 0 Å². The Bertz CT molecular complexity index is 998. The van der Waals surface area contributed by atoms with E-state index in [-0.39, 0.29) is 5.41 Å². The van der Waals surface area contributed by atoms with Crippen molar-refractivity contribution in [1.29, 1.82) is 0 Å². The predicted molar refractivity (Wildman–Crippen MR) is 94.8 cm³/mol. The molecule has 0 saturated carbocycles. The fraction of sp³-hybridized carbons (Fsp3) is 0.273. The molecule has 0 saturated heterocycles. The Kier molecular flexibility index (Phi) is 2.39. The summed E-state index contributed by atoms with van der Waals surface area (Å²) < 4.78 is 6.33. The van der Waals surface area contributed by atoms with Crippen LogP contribution in [0.4, 0.5) is 0 Å². The lowest BCUT2D eigenvalue weighted by Gasteiger charge is -2.26. The van der Waals surface area contributed by atoms with Crippen LogP contribution in [0.5, 0.6) is 0 Å². The van der Waals surface area contributed by atoms with Gasteiger partial charge in [-0.25, -0.2) is 0 Å². The number of furan rings is 1.